The summed E-state index contributed by atoms with van der Waals surface area (Å²) >= 11 is 1.25. The predicted octanol–water partition coefficient (Wildman–Crippen LogP) is 3.72. The molecule has 190 valence electrons. The molecule has 38 heavy (non-hydrogen) atoms. The van der Waals surface area contributed by atoms with E-state index in [1.54, 1.807) is 41.8 Å². The summed E-state index contributed by atoms with van der Waals surface area (Å²) in [5.41, 5.74) is 3.21. The van der Waals surface area contributed by atoms with Crippen molar-refractivity contribution >= 4 is 35.0 Å². The maximum absolute atomic E-state index is 13.8. The van der Waals surface area contributed by atoms with Crippen LogP contribution in [-0.2, 0) is 14.3 Å². The Morgan fingerprint density at radius 2 is 1.61 bits per heavy atom. The molecule has 4 aromatic rings. The van der Waals surface area contributed by atoms with Crippen molar-refractivity contribution in [3.63, 3.8) is 0 Å². The van der Waals surface area contributed by atoms with Crippen LogP contribution in [0.2, 0.25) is 0 Å². The normalized spacial score (nSPS) is 15.0. The Morgan fingerprint density at radius 3 is 2.24 bits per heavy atom. The minimum absolute atomic E-state index is 0.192. The molecule has 0 bridgehead atoms. The zero-order valence-electron chi connectivity index (χ0n) is 20.8. The van der Waals surface area contributed by atoms with E-state index in [0.717, 1.165) is 16.7 Å². The summed E-state index contributed by atoms with van der Waals surface area (Å²) < 4.78 is 12.2. The maximum atomic E-state index is 13.8. The number of aromatic nitrogens is 1. The Kier molecular flexibility index (Phi) is 7.15. The van der Waals surface area contributed by atoms with Gasteiger partial charge in [-0.3, -0.25) is 9.36 Å². The van der Waals surface area contributed by atoms with E-state index in [-0.39, 0.29) is 12.2 Å². The monoisotopic (exact) mass is 524 g/mol. The van der Waals surface area contributed by atoms with Crippen molar-refractivity contribution in [2.45, 2.75) is 13.0 Å². The van der Waals surface area contributed by atoms with Crippen LogP contribution < -0.4 is 14.9 Å². The lowest BCUT2D eigenvalue weighted by molar-refractivity contribution is -0.138. The second-order valence-electron chi connectivity index (χ2n) is 8.46. The van der Waals surface area contributed by atoms with Gasteiger partial charge in [0.05, 0.1) is 41.1 Å². The minimum atomic E-state index is -0.717. The third kappa shape index (κ3) is 4.73. The smallest absolute Gasteiger partial charge is 0.338 e. The van der Waals surface area contributed by atoms with E-state index in [4.69, 9.17) is 14.5 Å². The summed E-state index contributed by atoms with van der Waals surface area (Å²) in [7, 11) is 1.33. The second kappa shape index (κ2) is 10.8. The lowest BCUT2D eigenvalue weighted by Gasteiger charge is -2.25. The zero-order valence-corrected chi connectivity index (χ0v) is 21.6. The summed E-state index contributed by atoms with van der Waals surface area (Å²) in [6.45, 7) is 1.94. The number of carbonyl (C=O) groups is 2. The first-order valence-electron chi connectivity index (χ1n) is 12.0. The van der Waals surface area contributed by atoms with Gasteiger partial charge in [0.25, 0.3) is 5.56 Å². The number of rotatable bonds is 6. The molecule has 0 amide bonds. The molecule has 7 nitrogen and oxygen atoms in total. The molecule has 0 N–H and O–H groups in total. The first-order chi connectivity index (χ1) is 18.5. The van der Waals surface area contributed by atoms with Crippen LogP contribution in [0, 0.1) is 0 Å². The van der Waals surface area contributed by atoms with E-state index in [0.29, 0.717) is 26.2 Å². The number of esters is 2. The molecule has 0 fully saturated rings. The Labute approximate surface area is 222 Å². The third-order valence-electron chi connectivity index (χ3n) is 6.12. The van der Waals surface area contributed by atoms with Gasteiger partial charge in [0, 0.05) is 5.56 Å². The number of fused-ring (bicyclic) bond motifs is 1. The maximum Gasteiger partial charge on any atom is 0.338 e. The van der Waals surface area contributed by atoms with Crippen LogP contribution in [0.25, 0.3) is 11.8 Å². The van der Waals surface area contributed by atoms with Crippen molar-refractivity contribution in [3.8, 4) is 0 Å². The molecule has 0 unspecified atom stereocenters. The number of ether oxygens (including phenoxy) is 2. The van der Waals surface area contributed by atoms with Crippen molar-refractivity contribution in [1.82, 2.24) is 4.57 Å². The van der Waals surface area contributed by atoms with Gasteiger partial charge in [0.15, 0.2) is 4.80 Å². The molecule has 0 radical (unpaired) electrons. The van der Waals surface area contributed by atoms with Gasteiger partial charge >= 0.3 is 11.9 Å². The highest BCUT2D eigenvalue weighted by Gasteiger charge is 2.35. The number of thiazole rings is 1. The zero-order chi connectivity index (χ0) is 26.6. The average Bonchev–Trinajstić information content (AvgIpc) is 3.27. The highest BCUT2D eigenvalue weighted by Crippen LogP contribution is 2.35. The van der Waals surface area contributed by atoms with Crippen LogP contribution >= 0.6 is 11.3 Å². The standard InChI is InChI=1S/C30H24N2O5S/c1-3-37-29(35)24-25(20-10-6-4-7-11-20)31-30-32(26(24)21-12-8-5-9-13-21)27(33)23(38-30)18-19-14-16-22(17-15-19)28(34)36-2/h4-18,26H,3H2,1-2H3/b23-18-/t26-/m1/s1. The Morgan fingerprint density at radius 1 is 0.947 bits per heavy atom. The van der Waals surface area contributed by atoms with Crippen LogP contribution in [0.4, 0.5) is 0 Å². The summed E-state index contributed by atoms with van der Waals surface area (Å²) in [6.07, 6.45) is 1.75. The van der Waals surface area contributed by atoms with E-state index in [2.05, 4.69) is 0 Å². The molecule has 5 rings (SSSR count). The topological polar surface area (TPSA) is 87.0 Å². The molecule has 2 heterocycles. The number of benzene rings is 3. The first-order valence-corrected chi connectivity index (χ1v) is 12.8. The molecule has 1 aliphatic heterocycles. The van der Waals surface area contributed by atoms with Crippen LogP contribution in [0.5, 0.6) is 0 Å². The Hall–Kier alpha value is -4.56. The van der Waals surface area contributed by atoms with E-state index >= 15 is 0 Å². The molecule has 3 aromatic carbocycles. The molecule has 0 aliphatic carbocycles. The molecule has 0 saturated carbocycles. The van der Waals surface area contributed by atoms with E-state index < -0.39 is 18.0 Å². The average molecular weight is 525 g/mol. The van der Waals surface area contributed by atoms with Crippen molar-refractivity contribution in [3.05, 3.63) is 132 Å². The number of hydrogen-bond donors (Lipinski definition) is 0. The van der Waals surface area contributed by atoms with E-state index in [1.165, 1.54) is 18.4 Å². The van der Waals surface area contributed by atoms with Crippen molar-refractivity contribution in [1.29, 1.82) is 0 Å². The lowest BCUT2D eigenvalue weighted by atomic mass is 9.93. The molecular weight excluding hydrogens is 500 g/mol. The highest BCUT2D eigenvalue weighted by molar-refractivity contribution is 7.07. The third-order valence-corrected chi connectivity index (χ3v) is 7.10. The molecular formula is C30H24N2O5S. The van der Waals surface area contributed by atoms with Crippen LogP contribution in [-0.4, -0.2) is 30.2 Å². The largest absolute Gasteiger partial charge is 0.465 e. The number of hydrogen-bond acceptors (Lipinski definition) is 7. The van der Waals surface area contributed by atoms with Gasteiger partial charge in [-0.2, -0.15) is 0 Å². The summed E-state index contributed by atoms with van der Waals surface area (Å²) in [6, 6.07) is 24.9. The van der Waals surface area contributed by atoms with E-state index in [1.807, 2.05) is 60.7 Å². The molecule has 8 heteroatoms. The van der Waals surface area contributed by atoms with Crippen molar-refractivity contribution in [2.75, 3.05) is 13.7 Å². The Bertz CT molecular complexity index is 1700. The van der Waals surface area contributed by atoms with Crippen LogP contribution in [0.15, 0.2) is 100 Å². The van der Waals surface area contributed by atoms with Crippen LogP contribution in [0.1, 0.15) is 40.0 Å². The quantitative estimate of drug-likeness (QED) is 0.359. The van der Waals surface area contributed by atoms with Crippen molar-refractivity contribution in [2.24, 2.45) is 4.99 Å². The SMILES string of the molecule is CCOC(=O)C1=C(c2ccccc2)N=c2s/c(=C\c3ccc(C(=O)OC)cc3)c(=O)n2[C@@H]1c1ccccc1. The molecule has 1 aromatic heterocycles. The fourth-order valence-corrected chi connectivity index (χ4v) is 5.38. The molecule has 0 spiro atoms. The van der Waals surface area contributed by atoms with Gasteiger partial charge in [-0.1, -0.05) is 84.1 Å². The van der Waals surface area contributed by atoms with Crippen molar-refractivity contribution < 1.29 is 19.1 Å². The summed E-state index contributed by atoms with van der Waals surface area (Å²) in [5, 5.41) is 0. The molecule has 1 aliphatic rings. The molecule has 0 saturated heterocycles. The predicted molar refractivity (Wildman–Crippen MR) is 145 cm³/mol. The summed E-state index contributed by atoms with van der Waals surface area (Å²) in [4.78, 5) is 44.3. The first kappa shape index (κ1) is 25.1. The van der Waals surface area contributed by atoms with Gasteiger partial charge in [0.1, 0.15) is 0 Å². The number of methoxy groups -OCH3 is 1. The van der Waals surface area contributed by atoms with E-state index in [9.17, 15) is 14.4 Å². The lowest BCUT2D eigenvalue weighted by Crippen LogP contribution is -2.39. The van der Waals surface area contributed by atoms with Gasteiger partial charge in [-0.15, -0.1) is 0 Å². The Balaban J connectivity index is 1.75. The minimum Gasteiger partial charge on any atom is -0.465 e. The summed E-state index contributed by atoms with van der Waals surface area (Å²) in [5.74, 6) is -0.949. The second-order valence-corrected chi connectivity index (χ2v) is 9.46. The van der Waals surface area contributed by atoms with Gasteiger partial charge in [0.2, 0.25) is 0 Å². The fraction of sp³-hybridized carbons (Fsp3) is 0.133. The van der Waals surface area contributed by atoms with Crippen LogP contribution in [0.3, 0.4) is 0 Å². The molecule has 1 atom stereocenters. The van der Waals surface area contributed by atoms with Gasteiger partial charge < -0.3 is 9.47 Å². The fourth-order valence-electron chi connectivity index (χ4n) is 4.38. The highest BCUT2D eigenvalue weighted by atomic mass is 32.1. The van der Waals surface area contributed by atoms with Gasteiger partial charge in [-0.05, 0) is 36.3 Å². The van der Waals surface area contributed by atoms with Gasteiger partial charge in [-0.25, -0.2) is 14.6 Å². The number of nitrogens with zero attached hydrogens (tertiary/aromatic N) is 2. The number of carbonyl (C=O) groups excluding carboxylic acids is 2.